The third-order valence-electron chi connectivity index (χ3n) is 16.8. The number of benzene rings is 4. The van der Waals surface area contributed by atoms with Crippen molar-refractivity contribution in [3.63, 3.8) is 0 Å². The number of rotatable bonds is 12. The first-order valence-corrected chi connectivity index (χ1v) is 28.3. The van der Waals surface area contributed by atoms with E-state index >= 15 is 0 Å². The van der Waals surface area contributed by atoms with Crippen LogP contribution in [0.3, 0.4) is 0 Å². The lowest BCUT2D eigenvalue weighted by Crippen LogP contribution is -2.61. The van der Waals surface area contributed by atoms with Gasteiger partial charge in [-0.15, -0.1) is 0 Å². The van der Waals surface area contributed by atoms with Crippen molar-refractivity contribution in [1.82, 2.24) is 34.5 Å². The van der Waals surface area contributed by atoms with Crippen molar-refractivity contribution < 1.29 is 33.4 Å². The van der Waals surface area contributed by atoms with E-state index in [1.165, 1.54) is 4.57 Å². The normalized spacial score (nSPS) is 21.9. The molecule has 412 valence electrons. The van der Waals surface area contributed by atoms with Crippen LogP contribution in [0.15, 0.2) is 77.6 Å². The molecule has 4 aromatic carbocycles. The number of unbranched alkanes of at least 4 members (excludes halogenated alkanes) is 1. The van der Waals surface area contributed by atoms with E-state index in [0.29, 0.717) is 56.1 Å². The minimum atomic E-state index is -0.711. The van der Waals surface area contributed by atoms with Gasteiger partial charge in [-0.2, -0.15) is 0 Å². The van der Waals surface area contributed by atoms with E-state index in [-0.39, 0.29) is 66.0 Å². The molecule has 5 aliphatic heterocycles. The van der Waals surface area contributed by atoms with Crippen molar-refractivity contribution in [3.8, 4) is 11.8 Å². The highest BCUT2D eigenvalue weighted by atomic mass is 16.6. The number of aromatic nitrogens is 2. The van der Waals surface area contributed by atoms with Gasteiger partial charge in [0, 0.05) is 61.8 Å². The Hall–Kier alpha value is -6.96. The maximum Gasteiger partial charge on any atom is 0.410 e. The number of anilines is 1. The second-order valence-corrected chi connectivity index (χ2v) is 23.4. The predicted molar refractivity (Wildman–Crippen MR) is 301 cm³/mol. The summed E-state index contributed by atoms with van der Waals surface area (Å²) in [5, 5.41) is 11.5. The van der Waals surface area contributed by atoms with Crippen molar-refractivity contribution in [2.75, 3.05) is 51.3 Å². The van der Waals surface area contributed by atoms with Crippen molar-refractivity contribution in [2.45, 2.75) is 147 Å². The highest BCUT2D eigenvalue weighted by Crippen LogP contribution is 2.35. The third kappa shape index (κ3) is 12.0. The van der Waals surface area contributed by atoms with E-state index in [4.69, 9.17) is 9.47 Å². The zero-order chi connectivity index (χ0) is 54.8. The molecule has 4 atom stereocenters. The summed E-state index contributed by atoms with van der Waals surface area (Å²) in [6.45, 7) is 15.0. The van der Waals surface area contributed by atoms with Crippen LogP contribution in [0.5, 0.6) is 0 Å². The number of ether oxygens (including phenoxy) is 2. The molecular weight excluding hydrogens is 985 g/mol. The molecule has 1 aromatic heterocycles. The number of piperidine rings is 4. The Kier molecular flexibility index (Phi) is 16.2. The van der Waals surface area contributed by atoms with Gasteiger partial charge in [0.15, 0.2) is 0 Å². The molecule has 5 aromatic rings. The zero-order valence-corrected chi connectivity index (χ0v) is 46.2. The fourth-order valence-corrected chi connectivity index (χ4v) is 12.6. The first-order valence-electron chi connectivity index (χ1n) is 28.3. The van der Waals surface area contributed by atoms with E-state index in [2.05, 4.69) is 63.0 Å². The molecule has 0 radical (unpaired) electrons. The Labute approximate surface area is 457 Å². The molecule has 16 nitrogen and oxygen atoms in total. The highest BCUT2D eigenvalue weighted by Gasteiger charge is 2.43. The summed E-state index contributed by atoms with van der Waals surface area (Å²) in [6, 6.07) is 23.4. The predicted octanol–water partition coefficient (Wildman–Crippen LogP) is 8.49. The average Bonchev–Trinajstić information content (AvgIpc) is 3.70. The number of nitrogens with one attached hydrogen (secondary N) is 3. The number of nitrogens with zero attached hydrogens (tertiary/aromatic N) is 5. The summed E-state index contributed by atoms with van der Waals surface area (Å²) in [6.07, 6.45) is 7.77. The quantitative estimate of drug-likeness (QED) is 0.0624. The molecule has 78 heavy (non-hydrogen) atoms. The molecule has 0 aliphatic carbocycles. The van der Waals surface area contributed by atoms with Crippen LogP contribution in [0.1, 0.15) is 149 Å². The van der Waals surface area contributed by atoms with Crippen LogP contribution in [0.2, 0.25) is 0 Å². The van der Waals surface area contributed by atoms with Crippen molar-refractivity contribution in [2.24, 2.45) is 13.0 Å². The number of carbonyl (C=O) groups is 5. The number of fused-ring (bicyclic) bond motifs is 4. The van der Waals surface area contributed by atoms with Gasteiger partial charge in [-0.3, -0.25) is 38.5 Å². The summed E-state index contributed by atoms with van der Waals surface area (Å²) >= 11 is 0. The molecule has 0 spiro atoms. The van der Waals surface area contributed by atoms with Crippen LogP contribution in [0, 0.1) is 24.7 Å². The standard InChI is InChI=1S/C62H76N8O8/c1-39-14-19-45(64-46-34-47-37-77-38-48(35-46)69(47)61(76)78-62(3,4)5)36-52(39)58(73)63-40(2)49-20-17-43(50-11-7-8-12-51(49)50)16-15-41-24-29-67(30-25-41)28-10-9-13-57(72)68-31-26-42(27-32-68)44-18-21-53-55(33-44)66(6)60(75)70(53)54-22-23-56(71)65-59(54)74/h7-8,11-12,14,17-21,33,36,40-42,46-48,54,64H,9-10,13,22-32,34-35,37-38H2,1-6H3,(H,63,73)(H,65,71,74)/t40-,46?,47?,48?,54?/m1/s1. The highest BCUT2D eigenvalue weighted by molar-refractivity contribution is 6.00. The minimum Gasteiger partial charge on any atom is -0.444 e. The Morgan fingerprint density at radius 2 is 1.58 bits per heavy atom. The van der Waals surface area contributed by atoms with E-state index in [1.807, 2.05) is 86.9 Å². The Morgan fingerprint density at radius 3 is 2.29 bits per heavy atom. The Morgan fingerprint density at radius 1 is 0.846 bits per heavy atom. The zero-order valence-electron chi connectivity index (χ0n) is 46.2. The van der Waals surface area contributed by atoms with Gasteiger partial charge < -0.3 is 29.9 Å². The number of hydrogen-bond donors (Lipinski definition) is 3. The van der Waals surface area contributed by atoms with Gasteiger partial charge in [-0.25, -0.2) is 9.59 Å². The molecule has 3 unspecified atom stereocenters. The van der Waals surface area contributed by atoms with Gasteiger partial charge in [0.2, 0.25) is 17.7 Å². The molecule has 0 saturated carbocycles. The number of aryl methyl sites for hydroxylation is 2. The van der Waals surface area contributed by atoms with Gasteiger partial charge in [0.25, 0.3) is 5.91 Å². The van der Waals surface area contributed by atoms with Gasteiger partial charge in [0.1, 0.15) is 11.6 Å². The van der Waals surface area contributed by atoms with Crippen LogP contribution in [0.4, 0.5) is 10.5 Å². The number of likely N-dealkylation sites (tertiary alicyclic amines) is 2. The van der Waals surface area contributed by atoms with Crippen molar-refractivity contribution in [3.05, 3.63) is 111 Å². The lowest BCUT2D eigenvalue weighted by molar-refractivity contribution is -0.136. The number of imidazole rings is 1. The maximum atomic E-state index is 14.0. The lowest BCUT2D eigenvalue weighted by atomic mass is 9.89. The Balaban J connectivity index is 0.665. The molecule has 5 aliphatic rings. The molecular formula is C62H76N8O8. The number of carbonyl (C=O) groups excluding carboxylic acids is 5. The molecule has 5 saturated heterocycles. The summed E-state index contributed by atoms with van der Waals surface area (Å²) in [5.74, 6) is 7.07. The summed E-state index contributed by atoms with van der Waals surface area (Å²) in [4.78, 5) is 84.5. The van der Waals surface area contributed by atoms with Crippen molar-refractivity contribution in [1.29, 1.82) is 0 Å². The minimum absolute atomic E-state index is 0.0850. The maximum absolute atomic E-state index is 14.0. The smallest absolute Gasteiger partial charge is 0.410 e. The van der Waals surface area contributed by atoms with Gasteiger partial charge in [-0.05, 0) is 176 Å². The molecule has 5 fully saturated rings. The van der Waals surface area contributed by atoms with Crippen LogP contribution < -0.4 is 21.6 Å². The summed E-state index contributed by atoms with van der Waals surface area (Å²) in [7, 11) is 1.72. The van der Waals surface area contributed by atoms with E-state index < -0.39 is 17.6 Å². The SMILES string of the molecule is Cc1ccc(NC2CC3COCC(C2)N3C(=O)OC(C)(C)C)cc1C(=O)N[C@H](C)c1ccc(C#CC2CCN(CCCCC(=O)N3CCC(c4ccc5c(c4)n(C)c(=O)n5C4CCC(=O)NC4=O)CC3)CC2)c2ccccc12. The van der Waals surface area contributed by atoms with Crippen LogP contribution >= 0.6 is 0 Å². The molecule has 2 bridgehead atoms. The van der Waals surface area contributed by atoms with E-state index in [1.54, 1.807) is 11.6 Å². The molecule has 16 heteroatoms. The largest absolute Gasteiger partial charge is 0.444 e. The summed E-state index contributed by atoms with van der Waals surface area (Å²) in [5.41, 5.74) is 6.13. The lowest BCUT2D eigenvalue weighted by Gasteiger charge is -2.48. The second kappa shape index (κ2) is 23.2. The first-order chi connectivity index (χ1) is 37.5. The number of imide groups is 1. The molecule has 3 N–H and O–H groups in total. The van der Waals surface area contributed by atoms with Gasteiger partial charge in [0.05, 0.1) is 42.4 Å². The monoisotopic (exact) mass is 1060 g/mol. The number of morpholine rings is 1. The second-order valence-electron chi connectivity index (χ2n) is 23.4. The average molecular weight is 1060 g/mol. The van der Waals surface area contributed by atoms with Crippen molar-refractivity contribution >= 4 is 57.2 Å². The van der Waals surface area contributed by atoms with E-state index in [0.717, 1.165) is 115 Å². The number of hydrogen-bond acceptors (Lipinski definition) is 10. The topological polar surface area (TPSA) is 177 Å². The molecule has 10 rings (SSSR count). The third-order valence-corrected chi connectivity index (χ3v) is 16.8. The first kappa shape index (κ1) is 54.4. The summed E-state index contributed by atoms with van der Waals surface area (Å²) < 4.78 is 14.7. The van der Waals surface area contributed by atoms with E-state index in [9.17, 15) is 28.8 Å². The molecule has 5 amide bonds. The fraction of sp³-hybridized carbons (Fsp3) is 0.516. The van der Waals surface area contributed by atoms with Crippen LogP contribution in [-0.4, -0.2) is 123 Å². The number of amides is 5. The van der Waals surface area contributed by atoms with Gasteiger partial charge in [-0.1, -0.05) is 54.3 Å². The fourth-order valence-electron chi connectivity index (χ4n) is 12.6. The van der Waals surface area contributed by atoms with Crippen LogP contribution in [0.25, 0.3) is 21.8 Å². The van der Waals surface area contributed by atoms with Crippen LogP contribution in [-0.2, 0) is 30.9 Å². The van der Waals surface area contributed by atoms with Gasteiger partial charge >= 0.3 is 11.8 Å². The Bertz CT molecular complexity index is 3210. The molecule has 6 heterocycles.